The predicted molar refractivity (Wildman–Crippen MR) is 177 cm³/mol. The van der Waals surface area contributed by atoms with Gasteiger partial charge in [-0.05, 0) is 6.92 Å². The molecule has 0 aliphatic carbocycles. The monoisotopic (exact) mass is 853 g/mol. The molecule has 5 aliphatic heterocycles. The largest absolute Gasteiger partial charge is 0.394 e. The number of hydrogen-bond acceptors (Lipinski definition) is 25. The van der Waals surface area contributed by atoms with Crippen molar-refractivity contribution < 1.29 is 124 Å². The summed E-state index contributed by atoms with van der Waals surface area (Å²) in [7, 11) is 0. The summed E-state index contributed by atoms with van der Waals surface area (Å²) in [6, 6.07) is -1.61. The van der Waals surface area contributed by atoms with Crippen LogP contribution in [0.25, 0.3) is 0 Å². The van der Waals surface area contributed by atoms with Gasteiger partial charge >= 0.3 is 0 Å². The standard InChI is InChI=1S/C32H55NO25/c1-7-14(38)17(41)22(46)30(51-7)58-27-13(33-8(2)37)29(54-11(5-36)26(27)57-31-23(47)18(42)15(39)9(3-34)53-31)50-6-12-16(40)19(43)24(48)32(55-12)56-25-10(4-35)52-28(49)21(45)20(25)44/h7,9-32,34-36,38-49H,3-6H2,1-2H3,(H,33,37)/t7-,9+,10+,11+,12+,13+,14+,15-,16-,17+,18-,19-,20+,21+,22-,23+,24+,25+,26+,27+,28?,29+,30-,31-,32-/m0/s1. The number of amides is 1. The van der Waals surface area contributed by atoms with Crippen LogP contribution in [-0.4, -0.2) is 262 Å². The van der Waals surface area contributed by atoms with E-state index in [4.69, 9.17) is 42.6 Å². The van der Waals surface area contributed by atoms with Gasteiger partial charge in [0.15, 0.2) is 31.5 Å². The minimum Gasteiger partial charge on any atom is -0.394 e. The Morgan fingerprint density at radius 2 is 0.931 bits per heavy atom. The first kappa shape index (κ1) is 47.6. The summed E-state index contributed by atoms with van der Waals surface area (Å²) in [5.74, 6) is -0.779. The molecule has 5 fully saturated rings. The van der Waals surface area contributed by atoms with E-state index < -0.39 is 186 Å². The van der Waals surface area contributed by atoms with Gasteiger partial charge in [0.1, 0.15) is 116 Å². The Labute approximate surface area is 329 Å². The molecule has 0 radical (unpaired) electrons. The van der Waals surface area contributed by atoms with Crippen LogP contribution in [0.4, 0.5) is 0 Å². The van der Waals surface area contributed by atoms with E-state index in [-0.39, 0.29) is 0 Å². The second-order valence-electron chi connectivity index (χ2n) is 14.7. The molecule has 25 atom stereocenters. The lowest BCUT2D eigenvalue weighted by molar-refractivity contribution is -0.378. The van der Waals surface area contributed by atoms with Gasteiger partial charge in [-0.25, -0.2) is 0 Å². The first-order valence-electron chi connectivity index (χ1n) is 18.5. The molecule has 5 heterocycles. The van der Waals surface area contributed by atoms with E-state index in [9.17, 15) is 81.4 Å². The lowest BCUT2D eigenvalue weighted by Gasteiger charge is -2.50. The van der Waals surface area contributed by atoms with Crippen molar-refractivity contribution in [2.75, 3.05) is 26.4 Å². The molecule has 1 unspecified atom stereocenters. The van der Waals surface area contributed by atoms with Gasteiger partial charge in [-0.2, -0.15) is 0 Å². The number of hydrogen-bond donors (Lipinski definition) is 16. The van der Waals surface area contributed by atoms with Crippen LogP contribution < -0.4 is 5.32 Å². The van der Waals surface area contributed by atoms with Crippen LogP contribution >= 0.6 is 0 Å². The molecule has 58 heavy (non-hydrogen) atoms. The molecule has 0 saturated carbocycles. The van der Waals surface area contributed by atoms with Gasteiger partial charge in [0.2, 0.25) is 5.91 Å². The fraction of sp³-hybridized carbons (Fsp3) is 0.969. The number of ether oxygens (including phenoxy) is 9. The Morgan fingerprint density at radius 3 is 1.48 bits per heavy atom. The molecule has 0 bridgehead atoms. The smallest absolute Gasteiger partial charge is 0.217 e. The van der Waals surface area contributed by atoms with E-state index in [1.54, 1.807) is 0 Å². The van der Waals surface area contributed by atoms with Crippen LogP contribution in [0.2, 0.25) is 0 Å². The van der Waals surface area contributed by atoms with Gasteiger partial charge in [0, 0.05) is 6.92 Å². The average molecular weight is 854 g/mol. The Hall–Kier alpha value is -1.49. The number of carbonyl (C=O) groups excluding carboxylic acids is 1. The zero-order chi connectivity index (χ0) is 42.9. The van der Waals surface area contributed by atoms with Crippen molar-refractivity contribution in [3.63, 3.8) is 0 Å². The normalized spacial score (nSPS) is 51.6. The maximum Gasteiger partial charge on any atom is 0.217 e. The molecule has 0 aromatic carbocycles. The van der Waals surface area contributed by atoms with Crippen molar-refractivity contribution in [3.8, 4) is 0 Å². The summed E-state index contributed by atoms with van der Waals surface area (Å²) in [5, 5.41) is 158. The number of aliphatic hydroxyl groups is 15. The molecular weight excluding hydrogens is 798 g/mol. The predicted octanol–water partition coefficient (Wildman–Crippen LogP) is -10.8. The molecule has 0 aromatic rings. The number of rotatable bonds is 13. The lowest BCUT2D eigenvalue weighted by atomic mass is 9.94. The molecule has 0 aromatic heterocycles. The highest BCUT2D eigenvalue weighted by atomic mass is 16.8. The SMILES string of the molecule is CC(=O)N[C@H]1[C@H](OC[C@H]2O[C@@H](O[C@H]3[C@H](O)[C@@H](O)C(O)O[C@@H]3CO)[C@H](O)[C@@H](O)[C@H]2O)O[C@H](CO)[C@@H](O[C@@H]2O[C@H](CO)[C@H](O)[C@H](O)[C@H]2O)[C@@H]1O[C@@H]1O[C@@H](C)[C@@H](O)[C@@H](O)[C@@H]1O. The zero-order valence-corrected chi connectivity index (χ0v) is 31.1. The highest BCUT2D eigenvalue weighted by Crippen LogP contribution is 2.35. The van der Waals surface area contributed by atoms with Crippen LogP contribution in [0.3, 0.4) is 0 Å². The summed E-state index contributed by atoms with van der Waals surface area (Å²) in [5.41, 5.74) is 0. The minimum atomic E-state index is -2.03. The second kappa shape index (κ2) is 20.1. The quantitative estimate of drug-likeness (QED) is 0.0818. The Morgan fingerprint density at radius 1 is 0.483 bits per heavy atom. The molecule has 1 amide bonds. The number of carbonyl (C=O) groups is 1. The molecule has 26 heteroatoms. The van der Waals surface area contributed by atoms with Gasteiger partial charge in [0.05, 0.1) is 32.5 Å². The summed E-state index contributed by atoms with van der Waals surface area (Å²) in [6.07, 6.45) is -42.7. The fourth-order valence-corrected chi connectivity index (χ4v) is 7.27. The van der Waals surface area contributed by atoms with Gasteiger partial charge in [0.25, 0.3) is 0 Å². The van der Waals surface area contributed by atoms with Crippen LogP contribution in [-0.2, 0) is 47.4 Å². The summed E-state index contributed by atoms with van der Waals surface area (Å²) >= 11 is 0. The third kappa shape index (κ3) is 9.91. The molecular formula is C32H55NO25. The van der Waals surface area contributed by atoms with Crippen molar-refractivity contribution in [1.82, 2.24) is 5.32 Å². The number of aliphatic hydroxyl groups excluding tert-OH is 15. The molecule has 16 N–H and O–H groups in total. The van der Waals surface area contributed by atoms with Crippen molar-refractivity contribution in [2.24, 2.45) is 0 Å². The Kier molecular flexibility index (Phi) is 16.5. The van der Waals surface area contributed by atoms with Crippen LogP contribution in [0.1, 0.15) is 13.8 Å². The van der Waals surface area contributed by atoms with Crippen molar-refractivity contribution in [3.05, 3.63) is 0 Å². The molecule has 5 aliphatic rings. The van der Waals surface area contributed by atoms with E-state index in [1.165, 1.54) is 6.92 Å². The second-order valence-corrected chi connectivity index (χ2v) is 14.7. The fourth-order valence-electron chi connectivity index (χ4n) is 7.27. The Balaban J connectivity index is 1.42. The molecule has 5 saturated heterocycles. The Bertz CT molecular complexity index is 1300. The maximum absolute atomic E-state index is 12.7. The third-order valence-corrected chi connectivity index (χ3v) is 10.7. The van der Waals surface area contributed by atoms with Crippen LogP contribution in [0.15, 0.2) is 0 Å². The summed E-state index contributed by atoms with van der Waals surface area (Å²) in [6.45, 7) is -1.07. The summed E-state index contributed by atoms with van der Waals surface area (Å²) in [4.78, 5) is 12.7. The molecule has 5 rings (SSSR count). The van der Waals surface area contributed by atoms with E-state index >= 15 is 0 Å². The van der Waals surface area contributed by atoms with E-state index in [0.29, 0.717) is 0 Å². The van der Waals surface area contributed by atoms with E-state index in [1.807, 2.05) is 0 Å². The van der Waals surface area contributed by atoms with Crippen LogP contribution in [0.5, 0.6) is 0 Å². The summed E-state index contributed by atoms with van der Waals surface area (Å²) < 4.78 is 51.2. The van der Waals surface area contributed by atoms with E-state index in [2.05, 4.69) is 5.32 Å². The molecule has 26 nitrogen and oxygen atoms in total. The van der Waals surface area contributed by atoms with Gasteiger partial charge < -0.3 is 125 Å². The molecule has 338 valence electrons. The number of nitrogens with one attached hydrogen (secondary N) is 1. The topological polar surface area (TPSA) is 416 Å². The molecule has 0 spiro atoms. The van der Waals surface area contributed by atoms with E-state index in [0.717, 1.165) is 6.92 Å². The van der Waals surface area contributed by atoms with Crippen LogP contribution in [0, 0.1) is 0 Å². The maximum atomic E-state index is 12.7. The average Bonchev–Trinajstić information content (AvgIpc) is 3.19. The van der Waals surface area contributed by atoms with Crippen molar-refractivity contribution >= 4 is 5.91 Å². The first-order valence-corrected chi connectivity index (χ1v) is 18.5. The van der Waals surface area contributed by atoms with Gasteiger partial charge in [-0.3, -0.25) is 4.79 Å². The third-order valence-electron chi connectivity index (χ3n) is 10.7. The van der Waals surface area contributed by atoms with Gasteiger partial charge in [-0.1, -0.05) is 0 Å². The lowest BCUT2D eigenvalue weighted by Crippen LogP contribution is -2.70. The van der Waals surface area contributed by atoms with Crippen molar-refractivity contribution in [1.29, 1.82) is 0 Å². The van der Waals surface area contributed by atoms with Gasteiger partial charge in [-0.15, -0.1) is 0 Å². The first-order chi connectivity index (χ1) is 27.3. The zero-order valence-electron chi connectivity index (χ0n) is 31.1. The van der Waals surface area contributed by atoms with Crippen molar-refractivity contribution in [2.45, 2.75) is 167 Å². The minimum absolute atomic E-state index is 0.779. The highest BCUT2D eigenvalue weighted by molar-refractivity contribution is 5.73. The highest BCUT2D eigenvalue weighted by Gasteiger charge is 2.56.